The molecule has 49 heavy (non-hydrogen) atoms. The van der Waals surface area contributed by atoms with Crippen molar-refractivity contribution in [2.24, 2.45) is 5.92 Å². The first-order valence-electron chi connectivity index (χ1n) is 16.1. The molecule has 7 rings (SSSR count). The van der Waals surface area contributed by atoms with E-state index in [1.807, 2.05) is 4.90 Å². The lowest BCUT2D eigenvalue weighted by Gasteiger charge is -2.34. The summed E-state index contributed by atoms with van der Waals surface area (Å²) in [5, 5.41) is 30.5. The molecule has 0 spiro atoms. The maximum Gasteiger partial charge on any atom is 0.340 e. The van der Waals surface area contributed by atoms with Gasteiger partial charge in [-0.05, 0) is 50.3 Å². The summed E-state index contributed by atoms with van der Waals surface area (Å²) in [4.78, 5) is 29.7. The molecule has 3 aliphatic rings. The number of carbonyl (C=O) groups is 1. The highest BCUT2D eigenvalue weighted by atomic mass is 19.1. The van der Waals surface area contributed by atoms with Gasteiger partial charge in [-0.15, -0.1) is 6.42 Å². The molecule has 3 atom stereocenters. The lowest BCUT2D eigenvalue weighted by atomic mass is 9.92. The van der Waals surface area contributed by atoms with E-state index in [1.165, 1.54) is 7.11 Å². The Kier molecular flexibility index (Phi) is 8.36. The van der Waals surface area contributed by atoms with Gasteiger partial charge in [0.2, 0.25) is 5.88 Å². The number of aromatic carboxylic acids is 1. The fraction of sp³-hybridized carbons (Fsp3) is 0.429. The van der Waals surface area contributed by atoms with Crippen LogP contribution < -0.4 is 14.4 Å². The predicted octanol–water partition coefficient (Wildman–Crippen LogP) is 4.68. The summed E-state index contributed by atoms with van der Waals surface area (Å²) in [6, 6.07) is 2.92. The van der Waals surface area contributed by atoms with Gasteiger partial charge in [0.1, 0.15) is 52.3 Å². The number of pyridine rings is 1. The van der Waals surface area contributed by atoms with Gasteiger partial charge in [-0.1, -0.05) is 12.0 Å². The number of anilines is 1. The summed E-state index contributed by atoms with van der Waals surface area (Å²) in [6.07, 6.45) is 8.09. The minimum atomic E-state index is -1.50. The van der Waals surface area contributed by atoms with E-state index in [-0.39, 0.29) is 69.6 Å². The third kappa shape index (κ3) is 5.41. The number of hydrogen-bond donors (Lipinski definition) is 3. The Morgan fingerprint density at radius 3 is 2.71 bits per heavy atom. The van der Waals surface area contributed by atoms with Crippen molar-refractivity contribution in [3.05, 3.63) is 41.0 Å². The van der Waals surface area contributed by atoms with Crippen LogP contribution >= 0.6 is 0 Å². The van der Waals surface area contributed by atoms with Crippen LogP contribution in [0.5, 0.6) is 17.6 Å². The molecule has 4 aromatic rings. The van der Waals surface area contributed by atoms with E-state index in [4.69, 9.17) is 20.9 Å². The largest absolute Gasteiger partial charge is 0.507 e. The number of ether oxygens (including phenoxy) is 2. The standard InChI is InChI=1S/C35H34F3N5O6/c1-3-20-23(37)8-7-21-25(20)22(12-24(45)26(21)33(46)47)29-28(38)30-27(32(39-29)48-2)31(42-10-4-6-18(14-42)16-44)41-34(40-30)49-17-35-9-5-11-43(35)15-19(36)13-35/h1,7-8,12,18-19,44-45H,4-6,9-11,13-17H2,2H3,(H,46,47)/t18?,19-,35+/m1/s1. The van der Waals surface area contributed by atoms with E-state index in [1.54, 1.807) is 0 Å². The number of benzene rings is 2. The molecule has 11 nitrogen and oxygen atoms in total. The van der Waals surface area contributed by atoms with Crippen LogP contribution in [-0.4, -0.2) is 99.4 Å². The van der Waals surface area contributed by atoms with Crippen LogP contribution in [0.4, 0.5) is 19.0 Å². The molecule has 1 unspecified atom stereocenters. The first-order chi connectivity index (χ1) is 23.6. The van der Waals surface area contributed by atoms with Gasteiger partial charge < -0.3 is 29.7 Å². The monoisotopic (exact) mass is 677 g/mol. The third-order valence-corrected chi connectivity index (χ3v) is 10.1. The summed E-state index contributed by atoms with van der Waals surface area (Å²) in [5.74, 6) is -1.80. The summed E-state index contributed by atoms with van der Waals surface area (Å²) in [5.41, 5.74) is -2.34. The Labute approximate surface area is 279 Å². The zero-order valence-electron chi connectivity index (χ0n) is 26.7. The fourth-order valence-corrected chi connectivity index (χ4v) is 7.81. The molecule has 3 saturated heterocycles. The number of carboxylic acid groups (broad SMARTS) is 1. The Bertz CT molecular complexity index is 2040. The highest BCUT2D eigenvalue weighted by Crippen LogP contribution is 2.45. The predicted molar refractivity (Wildman–Crippen MR) is 174 cm³/mol. The number of aromatic nitrogens is 3. The number of alkyl halides is 1. The van der Waals surface area contributed by atoms with Crippen LogP contribution in [-0.2, 0) is 0 Å². The average Bonchev–Trinajstić information content (AvgIpc) is 3.62. The van der Waals surface area contributed by atoms with Crippen LogP contribution in [0.3, 0.4) is 0 Å². The number of piperidine rings is 1. The number of aliphatic hydroxyl groups excluding tert-OH is 1. The Morgan fingerprint density at radius 1 is 1.16 bits per heavy atom. The highest BCUT2D eigenvalue weighted by molar-refractivity contribution is 6.13. The van der Waals surface area contributed by atoms with E-state index >= 15 is 8.78 Å². The van der Waals surface area contributed by atoms with Crippen molar-refractivity contribution >= 4 is 33.5 Å². The molecule has 0 radical (unpaired) electrons. The van der Waals surface area contributed by atoms with Gasteiger partial charge in [0, 0.05) is 49.0 Å². The molecule has 0 bridgehead atoms. The van der Waals surface area contributed by atoms with Crippen molar-refractivity contribution in [3.8, 4) is 41.2 Å². The molecule has 5 heterocycles. The summed E-state index contributed by atoms with van der Waals surface area (Å²) >= 11 is 0. The minimum absolute atomic E-state index is 0.0590. The number of terminal acetylenes is 1. The number of hydrogen-bond acceptors (Lipinski definition) is 10. The Balaban J connectivity index is 1.46. The maximum atomic E-state index is 17.1. The number of rotatable bonds is 8. The lowest BCUT2D eigenvalue weighted by Crippen LogP contribution is -2.43. The quantitative estimate of drug-likeness (QED) is 0.224. The zero-order chi connectivity index (χ0) is 34.6. The molecule has 0 aliphatic carbocycles. The normalized spacial score (nSPS) is 22.4. The average molecular weight is 678 g/mol. The molecule has 0 saturated carbocycles. The van der Waals surface area contributed by atoms with Gasteiger partial charge in [-0.25, -0.2) is 22.9 Å². The number of phenols is 1. The second-order valence-corrected chi connectivity index (χ2v) is 13.0. The number of nitrogens with zero attached hydrogens (tertiary/aromatic N) is 5. The van der Waals surface area contributed by atoms with Crippen molar-refractivity contribution in [2.45, 2.75) is 43.8 Å². The second-order valence-electron chi connectivity index (χ2n) is 13.0. The van der Waals surface area contributed by atoms with Gasteiger partial charge in [-0.2, -0.15) is 9.97 Å². The van der Waals surface area contributed by atoms with E-state index < -0.39 is 46.3 Å². The maximum absolute atomic E-state index is 17.1. The highest BCUT2D eigenvalue weighted by Gasteiger charge is 2.49. The molecular weight excluding hydrogens is 643 g/mol. The van der Waals surface area contributed by atoms with E-state index in [0.29, 0.717) is 26.1 Å². The van der Waals surface area contributed by atoms with Gasteiger partial charge in [0.25, 0.3) is 0 Å². The van der Waals surface area contributed by atoms with Gasteiger partial charge in [-0.3, -0.25) is 4.90 Å². The fourth-order valence-electron chi connectivity index (χ4n) is 7.81. The van der Waals surface area contributed by atoms with Gasteiger partial charge in [0.15, 0.2) is 5.82 Å². The molecule has 3 N–H and O–H groups in total. The summed E-state index contributed by atoms with van der Waals surface area (Å²) in [6.45, 7) is 1.99. The molecule has 3 aliphatic heterocycles. The van der Waals surface area contributed by atoms with Gasteiger partial charge in [0.05, 0.1) is 18.2 Å². The van der Waals surface area contributed by atoms with E-state index in [9.17, 15) is 24.5 Å². The molecular formula is C35H34F3N5O6. The van der Waals surface area contributed by atoms with Crippen LogP contribution in [0.2, 0.25) is 0 Å². The number of aromatic hydroxyl groups is 1. The lowest BCUT2D eigenvalue weighted by molar-refractivity contribution is 0.0696. The summed E-state index contributed by atoms with van der Waals surface area (Å²) in [7, 11) is 1.32. The van der Waals surface area contributed by atoms with Crippen LogP contribution in [0.1, 0.15) is 48.0 Å². The van der Waals surface area contributed by atoms with Crippen molar-refractivity contribution in [3.63, 3.8) is 0 Å². The van der Waals surface area contributed by atoms with Crippen LogP contribution in [0.25, 0.3) is 32.9 Å². The number of aliphatic hydroxyl groups is 1. The first-order valence-corrected chi connectivity index (χ1v) is 16.1. The molecule has 2 aromatic carbocycles. The Morgan fingerprint density at radius 2 is 1.98 bits per heavy atom. The number of fused-ring (bicyclic) bond motifs is 3. The second kappa shape index (κ2) is 12.5. The van der Waals surface area contributed by atoms with E-state index in [2.05, 4.69) is 20.8 Å². The Hall–Kier alpha value is -4.87. The van der Waals surface area contributed by atoms with Gasteiger partial charge >= 0.3 is 12.0 Å². The first kappa shape index (κ1) is 32.7. The van der Waals surface area contributed by atoms with Crippen molar-refractivity contribution in [2.75, 3.05) is 51.4 Å². The molecule has 3 fully saturated rings. The SMILES string of the molecule is C#Cc1c(F)ccc2c(C(=O)O)c(O)cc(-c3nc(OC)c4c(N5CCCC(CO)C5)nc(OC[C@@]56CCCN5C[C@H](F)C6)nc4c3F)c12. The minimum Gasteiger partial charge on any atom is -0.507 e. The molecule has 256 valence electrons. The van der Waals surface area contributed by atoms with Crippen LogP contribution in [0, 0.1) is 29.9 Å². The summed E-state index contributed by atoms with van der Waals surface area (Å²) < 4.78 is 58.5. The van der Waals surface area contributed by atoms with Crippen molar-refractivity contribution in [1.82, 2.24) is 19.9 Å². The van der Waals surface area contributed by atoms with Crippen molar-refractivity contribution < 1.29 is 42.8 Å². The molecule has 14 heteroatoms. The van der Waals surface area contributed by atoms with Crippen LogP contribution in [0.15, 0.2) is 18.2 Å². The smallest absolute Gasteiger partial charge is 0.340 e. The zero-order valence-corrected chi connectivity index (χ0v) is 26.7. The number of methoxy groups -OCH3 is 1. The number of carboxylic acids is 1. The molecule has 0 amide bonds. The number of halogens is 3. The molecule has 2 aromatic heterocycles. The topological polar surface area (TPSA) is 141 Å². The van der Waals surface area contributed by atoms with Crippen molar-refractivity contribution in [1.29, 1.82) is 0 Å². The third-order valence-electron chi connectivity index (χ3n) is 10.1. The van der Waals surface area contributed by atoms with E-state index in [0.717, 1.165) is 50.4 Å².